The quantitative estimate of drug-likeness (QED) is 0.753. The van der Waals surface area contributed by atoms with Gasteiger partial charge in [-0.25, -0.2) is 0 Å². The molecule has 19 heavy (non-hydrogen) atoms. The van der Waals surface area contributed by atoms with E-state index in [0.29, 0.717) is 18.3 Å². The predicted octanol–water partition coefficient (Wildman–Crippen LogP) is 0.430. The van der Waals surface area contributed by atoms with E-state index in [1.54, 1.807) is 0 Å². The van der Waals surface area contributed by atoms with E-state index in [9.17, 15) is 4.79 Å². The molecule has 2 rings (SSSR count). The van der Waals surface area contributed by atoms with E-state index < -0.39 is 5.91 Å². The second kappa shape index (κ2) is 6.65. The van der Waals surface area contributed by atoms with Crippen LogP contribution in [0.4, 0.5) is 0 Å². The van der Waals surface area contributed by atoms with Crippen LogP contribution in [0.3, 0.4) is 0 Å². The van der Waals surface area contributed by atoms with Gasteiger partial charge in [-0.05, 0) is 12.0 Å². The maximum atomic E-state index is 10.5. The van der Waals surface area contributed by atoms with Gasteiger partial charge in [-0.3, -0.25) is 10.1 Å². The van der Waals surface area contributed by atoms with Crippen molar-refractivity contribution in [2.75, 3.05) is 6.54 Å². The molecule has 3 N–H and O–H groups in total. The van der Waals surface area contributed by atoms with Crippen LogP contribution in [0.1, 0.15) is 17.3 Å². The third-order valence-electron chi connectivity index (χ3n) is 2.57. The fourth-order valence-electron chi connectivity index (χ4n) is 1.66. The molecule has 0 fully saturated rings. The number of nitrogens with zero attached hydrogens (tertiary/aromatic N) is 2. The van der Waals surface area contributed by atoms with Gasteiger partial charge in [-0.15, -0.1) is 0 Å². The number of hydrogen-bond acceptors (Lipinski definition) is 5. The van der Waals surface area contributed by atoms with Crippen molar-refractivity contribution in [3.8, 4) is 0 Å². The lowest BCUT2D eigenvalue weighted by molar-refractivity contribution is -0.117. The molecular formula is C13H16N4O2. The number of nitrogens with one attached hydrogen (secondary N) is 1. The van der Waals surface area contributed by atoms with Crippen LogP contribution in [0, 0.1) is 0 Å². The average molecular weight is 260 g/mol. The first-order valence-electron chi connectivity index (χ1n) is 6.08. The van der Waals surface area contributed by atoms with Gasteiger partial charge >= 0.3 is 0 Å². The average Bonchev–Trinajstić information content (AvgIpc) is 2.85. The number of carbonyl (C=O) groups is 1. The molecule has 0 spiro atoms. The number of amides is 1. The zero-order valence-corrected chi connectivity index (χ0v) is 10.5. The van der Waals surface area contributed by atoms with Crippen LogP contribution in [0.25, 0.3) is 0 Å². The molecule has 0 saturated heterocycles. The van der Waals surface area contributed by atoms with Crippen LogP contribution in [-0.2, 0) is 24.2 Å². The van der Waals surface area contributed by atoms with Crippen LogP contribution in [0.15, 0.2) is 34.9 Å². The molecule has 1 amide bonds. The Morgan fingerprint density at radius 2 is 2.05 bits per heavy atom. The van der Waals surface area contributed by atoms with Crippen LogP contribution >= 0.6 is 0 Å². The molecule has 0 saturated carbocycles. The maximum absolute atomic E-state index is 10.5. The summed E-state index contributed by atoms with van der Waals surface area (Å²) in [4.78, 5) is 14.8. The lowest BCUT2D eigenvalue weighted by Crippen LogP contribution is -2.28. The predicted molar refractivity (Wildman–Crippen MR) is 69.0 cm³/mol. The molecule has 6 nitrogen and oxygen atoms in total. The van der Waals surface area contributed by atoms with Gasteiger partial charge in [-0.2, -0.15) is 4.98 Å². The molecule has 0 atom stereocenters. The van der Waals surface area contributed by atoms with E-state index in [2.05, 4.69) is 27.6 Å². The molecule has 2 aromatic rings. The van der Waals surface area contributed by atoms with Gasteiger partial charge in [0.15, 0.2) is 5.82 Å². The first-order valence-corrected chi connectivity index (χ1v) is 6.08. The minimum absolute atomic E-state index is 0.0989. The molecule has 0 aliphatic carbocycles. The highest BCUT2D eigenvalue weighted by atomic mass is 16.5. The second-order valence-electron chi connectivity index (χ2n) is 4.16. The number of nitrogens with two attached hydrogens (primary N) is 1. The summed E-state index contributed by atoms with van der Waals surface area (Å²) in [5, 5.41) is 6.70. The van der Waals surface area contributed by atoms with Crippen molar-refractivity contribution in [1.82, 2.24) is 15.5 Å². The number of aromatic nitrogens is 2. The number of carbonyl (C=O) groups excluding carboxylic acids is 1. The Kier molecular flexibility index (Phi) is 4.63. The first-order chi connectivity index (χ1) is 9.24. The summed E-state index contributed by atoms with van der Waals surface area (Å²) in [6, 6.07) is 10.1. The summed E-state index contributed by atoms with van der Waals surface area (Å²) >= 11 is 0. The number of rotatable bonds is 7. The van der Waals surface area contributed by atoms with Gasteiger partial charge in [0.25, 0.3) is 0 Å². The van der Waals surface area contributed by atoms with E-state index in [1.165, 1.54) is 5.56 Å². The molecule has 100 valence electrons. The zero-order chi connectivity index (χ0) is 13.5. The van der Waals surface area contributed by atoms with E-state index in [0.717, 1.165) is 12.8 Å². The molecular weight excluding hydrogens is 244 g/mol. The van der Waals surface area contributed by atoms with Gasteiger partial charge < -0.3 is 10.3 Å². The lowest BCUT2D eigenvalue weighted by Gasteiger charge is -1.97. The fourth-order valence-corrected chi connectivity index (χ4v) is 1.66. The molecule has 0 bridgehead atoms. The van der Waals surface area contributed by atoms with Crippen molar-refractivity contribution >= 4 is 5.91 Å². The van der Waals surface area contributed by atoms with E-state index in [-0.39, 0.29) is 6.54 Å². The first kappa shape index (κ1) is 13.2. The standard InChI is InChI=1S/C13H16N4O2/c14-11(18)8-15-9-13-16-12(17-19-13)7-6-10-4-2-1-3-5-10/h1-5,15H,6-9H2,(H2,14,18). The van der Waals surface area contributed by atoms with Crippen molar-refractivity contribution < 1.29 is 9.32 Å². The third kappa shape index (κ3) is 4.51. The topological polar surface area (TPSA) is 94.0 Å². The van der Waals surface area contributed by atoms with Gasteiger partial charge in [0.05, 0.1) is 13.1 Å². The molecule has 0 aliphatic heterocycles. The summed E-state index contributed by atoms with van der Waals surface area (Å²) < 4.78 is 5.06. The maximum Gasteiger partial charge on any atom is 0.240 e. The van der Waals surface area contributed by atoms with Gasteiger partial charge in [0.2, 0.25) is 11.8 Å². The van der Waals surface area contributed by atoms with Crippen LogP contribution in [-0.4, -0.2) is 22.6 Å². The van der Waals surface area contributed by atoms with Crippen molar-refractivity contribution in [1.29, 1.82) is 0 Å². The summed E-state index contributed by atoms with van der Waals surface area (Å²) in [5.74, 6) is 0.716. The number of aryl methyl sites for hydroxylation is 2. The van der Waals surface area contributed by atoms with Crippen LogP contribution < -0.4 is 11.1 Å². The van der Waals surface area contributed by atoms with Gasteiger partial charge in [0.1, 0.15) is 0 Å². The lowest BCUT2D eigenvalue weighted by atomic mass is 10.1. The molecule has 1 heterocycles. The third-order valence-corrected chi connectivity index (χ3v) is 2.57. The highest BCUT2D eigenvalue weighted by Crippen LogP contribution is 2.05. The summed E-state index contributed by atoms with van der Waals surface area (Å²) in [7, 11) is 0. The van der Waals surface area contributed by atoms with Crippen LogP contribution in [0.2, 0.25) is 0 Å². The Labute approximate surface area is 111 Å². The van der Waals surface area contributed by atoms with E-state index >= 15 is 0 Å². The number of hydrogen-bond donors (Lipinski definition) is 2. The normalized spacial score (nSPS) is 10.5. The van der Waals surface area contributed by atoms with Gasteiger partial charge in [-0.1, -0.05) is 35.5 Å². The molecule has 0 aliphatic rings. The zero-order valence-electron chi connectivity index (χ0n) is 10.5. The summed E-state index contributed by atoms with van der Waals surface area (Å²) in [5.41, 5.74) is 6.24. The van der Waals surface area contributed by atoms with Crippen LogP contribution in [0.5, 0.6) is 0 Å². The van der Waals surface area contributed by atoms with Crippen molar-refractivity contribution in [2.45, 2.75) is 19.4 Å². The molecule has 0 radical (unpaired) electrons. The minimum Gasteiger partial charge on any atom is -0.369 e. The van der Waals surface area contributed by atoms with Crippen molar-refractivity contribution in [2.24, 2.45) is 5.73 Å². The highest BCUT2D eigenvalue weighted by Gasteiger charge is 2.06. The Morgan fingerprint density at radius 1 is 1.26 bits per heavy atom. The fraction of sp³-hybridized carbons (Fsp3) is 0.308. The SMILES string of the molecule is NC(=O)CNCc1nc(CCc2ccccc2)no1. The summed E-state index contributed by atoms with van der Waals surface area (Å²) in [6.45, 7) is 0.447. The molecule has 1 aromatic carbocycles. The largest absolute Gasteiger partial charge is 0.369 e. The Hall–Kier alpha value is -2.21. The van der Waals surface area contributed by atoms with Crippen molar-refractivity contribution in [3.05, 3.63) is 47.6 Å². The smallest absolute Gasteiger partial charge is 0.240 e. The van der Waals surface area contributed by atoms with Crippen molar-refractivity contribution in [3.63, 3.8) is 0 Å². The number of primary amides is 1. The Bertz CT molecular complexity index is 524. The van der Waals surface area contributed by atoms with E-state index in [4.69, 9.17) is 10.3 Å². The molecule has 1 aromatic heterocycles. The minimum atomic E-state index is -0.413. The Balaban J connectivity index is 1.79. The highest BCUT2D eigenvalue weighted by molar-refractivity contribution is 5.75. The second-order valence-corrected chi connectivity index (χ2v) is 4.16. The van der Waals surface area contributed by atoms with E-state index in [1.807, 2.05) is 18.2 Å². The summed E-state index contributed by atoms with van der Waals surface area (Å²) in [6.07, 6.45) is 1.60. The molecule has 0 unspecified atom stereocenters. The monoisotopic (exact) mass is 260 g/mol. The number of benzene rings is 1. The molecule has 6 heteroatoms. The Morgan fingerprint density at radius 3 is 2.79 bits per heavy atom. The van der Waals surface area contributed by atoms with Gasteiger partial charge in [0, 0.05) is 6.42 Å².